The van der Waals surface area contributed by atoms with Gasteiger partial charge in [-0.05, 0) is 36.6 Å². The number of fused-ring (bicyclic) bond motifs is 1. The molecule has 0 spiro atoms. The third-order valence-electron chi connectivity index (χ3n) is 4.40. The average molecular weight is 288 g/mol. The number of nitrogens with zero attached hydrogens (tertiary/aromatic N) is 1. The molecule has 0 fully saturated rings. The van der Waals surface area contributed by atoms with E-state index < -0.39 is 0 Å². The standard InChI is InChI=1S/C18H28N2O/c1-4-6-7-8-16(19-5-2)14-9-11-17-15(13-14)10-12-18(21)20(17)3/h9,11,13,16,19H,4-8,10,12H2,1-3H3. The van der Waals surface area contributed by atoms with Crippen LogP contribution in [0.1, 0.15) is 63.1 Å². The van der Waals surface area contributed by atoms with Gasteiger partial charge in [-0.25, -0.2) is 0 Å². The molecule has 1 N–H and O–H groups in total. The minimum absolute atomic E-state index is 0.224. The van der Waals surface area contributed by atoms with Crippen molar-refractivity contribution in [3.8, 4) is 0 Å². The molecule has 0 aromatic heterocycles. The zero-order valence-corrected chi connectivity index (χ0v) is 13.6. The molecule has 1 aliphatic heterocycles. The van der Waals surface area contributed by atoms with Crippen molar-refractivity contribution in [2.24, 2.45) is 0 Å². The summed E-state index contributed by atoms with van der Waals surface area (Å²) < 4.78 is 0. The number of hydrogen-bond donors (Lipinski definition) is 1. The lowest BCUT2D eigenvalue weighted by Crippen LogP contribution is -2.31. The third kappa shape index (κ3) is 3.85. The number of hydrogen-bond acceptors (Lipinski definition) is 2. The molecule has 3 heteroatoms. The van der Waals surface area contributed by atoms with Gasteiger partial charge in [-0.15, -0.1) is 0 Å². The normalized spacial score (nSPS) is 16.0. The van der Waals surface area contributed by atoms with Gasteiger partial charge < -0.3 is 10.2 Å². The summed E-state index contributed by atoms with van der Waals surface area (Å²) in [6.07, 6.45) is 6.52. The van der Waals surface area contributed by atoms with Crippen molar-refractivity contribution in [2.75, 3.05) is 18.5 Å². The van der Waals surface area contributed by atoms with E-state index in [-0.39, 0.29) is 5.91 Å². The fraction of sp³-hybridized carbons (Fsp3) is 0.611. The Morgan fingerprint density at radius 3 is 2.76 bits per heavy atom. The number of carbonyl (C=O) groups excluding carboxylic acids is 1. The monoisotopic (exact) mass is 288 g/mol. The van der Waals surface area contributed by atoms with E-state index in [4.69, 9.17) is 0 Å². The Morgan fingerprint density at radius 1 is 1.24 bits per heavy atom. The topological polar surface area (TPSA) is 32.3 Å². The Hall–Kier alpha value is -1.35. The van der Waals surface area contributed by atoms with Crippen molar-refractivity contribution in [2.45, 2.75) is 58.4 Å². The molecule has 0 radical (unpaired) electrons. The molecular formula is C18H28N2O. The smallest absolute Gasteiger partial charge is 0.227 e. The van der Waals surface area contributed by atoms with Crippen LogP contribution < -0.4 is 10.2 Å². The summed E-state index contributed by atoms with van der Waals surface area (Å²) in [6, 6.07) is 7.05. The Balaban J connectivity index is 2.16. The van der Waals surface area contributed by atoms with Gasteiger partial charge in [0.05, 0.1) is 0 Å². The number of anilines is 1. The van der Waals surface area contributed by atoms with Crippen LogP contribution in [-0.4, -0.2) is 19.5 Å². The number of benzene rings is 1. The van der Waals surface area contributed by atoms with Crippen LogP contribution in [0.25, 0.3) is 0 Å². The van der Waals surface area contributed by atoms with Crippen molar-refractivity contribution in [1.29, 1.82) is 0 Å². The van der Waals surface area contributed by atoms with Crippen LogP contribution in [0, 0.1) is 0 Å². The highest BCUT2D eigenvalue weighted by Gasteiger charge is 2.22. The Morgan fingerprint density at radius 2 is 2.05 bits per heavy atom. The molecule has 0 saturated carbocycles. The van der Waals surface area contributed by atoms with Crippen LogP contribution in [0.15, 0.2) is 18.2 Å². The first-order valence-corrected chi connectivity index (χ1v) is 8.30. The summed E-state index contributed by atoms with van der Waals surface area (Å²) in [5.74, 6) is 0.224. The highest BCUT2D eigenvalue weighted by molar-refractivity contribution is 5.95. The van der Waals surface area contributed by atoms with Gasteiger partial charge in [0.1, 0.15) is 0 Å². The number of amides is 1. The fourth-order valence-corrected chi connectivity index (χ4v) is 3.12. The first-order valence-electron chi connectivity index (χ1n) is 8.30. The molecule has 1 amide bonds. The lowest BCUT2D eigenvalue weighted by atomic mass is 9.94. The molecule has 1 aromatic rings. The van der Waals surface area contributed by atoms with Crippen molar-refractivity contribution in [3.63, 3.8) is 0 Å². The van der Waals surface area contributed by atoms with E-state index in [1.54, 1.807) is 4.90 Å². The molecule has 0 saturated heterocycles. The van der Waals surface area contributed by atoms with E-state index in [0.717, 1.165) is 18.7 Å². The van der Waals surface area contributed by atoms with Crippen LogP contribution >= 0.6 is 0 Å². The van der Waals surface area contributed by atoms with Crippen LogP contribution in [-0.2, 0) is 11.2 Å². The first kappa shape index (κ1) is 16.0. The number of nitrogens with one attached hydrogen (secondary N) is 1. The van der Waals surface area contributed by atoms with Gasteiger partial charge in [-0.3, -0.25) is 4.79 Å². The van der Waals surface area contributed by atoms with Crippen molar-refractivity contribution in [1.82, 2.24) is 5.32 Å². The minimum atomic E-state index is 0.224. The first-order chi connectivity index (χ1) is 10.2. The zero-order chi connectivity index (χ0) is 15.2. The molecule has 1 atom stereocenters. The molecule has 116 valence electrons. The summed E-state index contributed by atoms with van der Waals surface area (Å²) in [5, 5.41) is 3.60. The summed E-state index contributed by atoms with van der Waals surface area (Å²) in [4.78, 5) is 13.6. The summed E-state index contributed by atoms with van der Waals surface area (Å²) in [7, 11) is 1.88. The molecular weight excluding hydrogens is 260 g/mol. The molecule has 0 aliphatic carbocycles. The molecule has 1 aliphatic rings. The second-order valence-corrected chi connectivity index (χ2v) is 5.95. The van der Waals surface area contributed by atoms with Crippen molar-refractivity contribution in [3.05, 3.63) is 29.3 Å². The van der Waals surface area contributed by atoms with Gasteiger partial charge in [0, 0.05) is 25.2 Å². The summed E-state index contributed by atoms with van der Waals surface area (Å²) >= 11 is 0. The number of aryl methyl sites for hydroxylation is 1. The predicted molar refractivity (Wildman–Crippen MR) is 88.7 cm³/mol. The van der Waals surface area contributed by atoms with Crippen LogP contribution in [0.5, 0.6) is 0 Å². The van der Waals surface area contributed by atoms with E-state index in [9.17, 15) is 4.79 Å². The molecule has 1 unspecified atom stereocenters. The Labute approximate surface area is 128 Å². The quantitative estimate of drug-likeness (QED) is 0.773. The average Bonchev–Trinajstić information content (AvgIpc) is 2.50. The molecule has 1 aromatic carbocycles. The van der Waals surface area contributed by atoms with E-state index in [1.807, 2.05) is 7.05 Å². The van der Waals surface area contributed by atoms with Gasteiger partial charge in [-0.1, -0.05) is 45.2 Å². The molecule has 3 nitrogen and oxygen atoms in total. The second-order valence-electron chi connectivity index (χ2n) is 5.95. The van der Waals surface area contributed by atoms with E-state index in [2.05, 4.69) is 37.4 Å². The maximum atomic E-state index is 11.8. The van der Waals surface area contributed by atoms with Gasteiger partial charge in [0.25, 0.3) is 0 Å². The third-order valence-corrected chi connectivity index (χ3v) is 4.40. The highest BCUT2D eigenvalue weighted by atomic mass is 16.2. The van der Waals surface area contributed by atoms with E-state index in [1.165, 1.54) is 36.8 Å². The SMILES string of the molecule is CCCCCC(NCC)c1ccc2c(c1)CCC(=O)N2C. The largest absolute Gasteiger partial charge is 0.315 e. The van der Waals surface area contributed by atoms with Crippen LogP contribution in [0.2, 0.25) is 0 Å². The van der Waals surface area contributed by atoms with Gasteiger partial charge in [-0.2, -0.15) is 0 Å². The molecule has 0 bridgehead atoms. The van der Waals surface area contributed by atoms with Gasteiger partial charge >= 0.3 is 0 Å². The lowest BCUT2D eigenvalue weighted by Gasteiger charge is -2.27. The zero-order valence-electron chi connectivity index (χ0n) is 13.6. The number of rotatable bonds is 7. The van der Waals surface area contributed by atoms with Crippen LogP contribution in [0.4, 0.5) is 5.69 Å². The Bertz CT molecular complexity index is 484. The van der Waals surface area contributed by atoms with E-state index in [0.29, 0.717) is 12.5 Å². The highest BCUT2D eigenvalue weighted by Crippen LogP contribution is 2.30. The second kappa shape index (κ2) is 7.60. The molecule has 1 heterocycles. The van der Waals surface area contributed by atoms with E-state index >= 15 is 0 Å². The number of carbonyl (C=O) groups is 1. The summed E-state index contributed by atoms with van der Waals surface area (Å²) in [6.45, 7) is 5.40. The summed E-state index contributed by atoms with van der Waals surface area (Å²) in [5.41, 5.74) is 3.77. The minimum Gasteiger partial charge on any atom is -0.315 e. The van der Waals surface area contributed by atoms with Crippen LogP contribution in [0.3, 0.4) is 0 Å². The fourth-order valence-electron chi connectivity index (χ4n) is 3.12. The molecule has 2 rings (SSSR count). The predicted octanol–water partition coefficient (Wildman–Crippen LogP) is 3.83. The van der Waals surface area contributed by atoms with Gasteiger partial charge in [0.2, 0.25) is 5.91 Å². The maximum absolute atomic E-state index is 11.8. The Kier molecular flexibility index (Phi) is 5.80. The molecule has 21 heavy (non-hydrogen) atoms. The maximum Gasteiger partial charge on any atom is 0.227 e. The van der Waals surface area contributed by atoms with Crippen molar-refractivity contribution < 1.29 is 4.79 Å². The number of unbranched alkanes of at least 4 members (excludes halogenated alkanes) is 2. The van der Waals surface area contributed by atoms with Gasteiger partial charge in [0.15, 0.2) is 0 Å². The lowest BCUT2D eigenvalue weighted by molar-refractivity contribution is -0.118. The van der Waals surface area contributed by atoms with Crippen molar-refractivity contribution >= 4 is 11.6 Å².